The molecule has 1 fully saturated rings. The van der Waals surface area contributed by atoms with Crippen molar-refractivity contribution in [2.75, 3.05) is 0 Å². The van der Waals surface area contributed by atoms with E-state index in [2.05, 4.69) is 15.9 Å². The monoisotopic (exact) mass is 308 g/mol. The zero-order valence-corrected chi connectivity index (χ0v) is 12.3. The number of carbonyl (C=O) groups is 2. The molecule has 0 spiro atoms. The van der Waals surface area contributed by atoms with Crippen LogP contribution in [0.2, 0.25) is 0 Å². The molecular weight excluding hydrogens is 292 g/mol. The topological polar surface area (TPSA) is 34.1 Å². The van der Waals surface area contributed by atoms with E-state index in [0.717, 1.165) is 15.6 Å². The summed E-state index contributed by atoms with van der Waals surface area (Å²) < 4.78 is 0.927. The fourth-order valence-electron chi connectivity index (χ4n) is 2.56. The van der Waals surface area contributed by atoms with Crippen molar-refractivity contribution >= 4 is 27.5 Å². The molecule has 96 valence electrons. The number of hydrogen-bond donors (Lipinski definition) is 0. The first-order valence-electron chi connectivity index (χ1n) is 6.32. The standard InChI is InChI=1S/C15H17BrO2/c1-9-3-5-12(16)8-13(9)15(18)11-4-6-14(17)10(2)7-11/h3,5,8,10-11H,4,6-7H2,1-2H3/t10-,11?/m1/s1. The highest BCUT2D eigenvalue weighted by molar-refractivity contribution is 9.10. The highest BCUT2D eigenvalue weighted by Crippen LogP contribution is 2.30. The minimum Gasteiger partial charge on any atom is -0.299 e. The number of hydrogen-bond acceptors (Lipinski definition) is 2. The van der Waals surface area contributed by atoms with Gasteiger partial charge < -0.3 is 0 Å². The second-order valence-electron chi connectivity index (χ2n) is 5.16. The second kappa shape index (κ2) is 5.35. The highest BCUT2D eigenvalue weighted by atomic mass is 79.9. The van der Waals surface area contributed by atoms with Crippen LogP contribution >= 0.6 is 15.9 Å². The molecule has 0 N–H and O–H groups in total. The third-order valence-corrected chi connectivity index (χ3v) is 4.26. The average molecular weight is 309 g/mol. The molecule has 3 heteroatoms. The van der Waals surface area contributed by atoms with Gasteiger partial charge in [0.2, 0.25) is 0 Å². The molecule has 1 saturated carbocycles. The first kappa shape index (κ1) is 13.5. The maximum absolute atomic E-state index is 12.5. The Bertz CT molecular complexity index is 493. The zero-order chi connectivity index (χ0) is 13.3. The fraction of sp³-hybridized carbons (Fsp3) is 0.467. The maximum atomic E-state index is 12.5. The molecule has 0 heterocycles. The van der Waals surface area contributed by atoms with E-state index in [1.807, 2.05) is 32.0 Å². The molecule has 0 aliphatic heterocycles. The van der Waals surface area contributed by atoms with Gasteiger partial charge in [-0.2, -0.15) is 0 Å². The second-order valence-corrected chi connectivity index (χ2v) is 6.08. The van der Waals surface area contributed by atoms with E-state index >= 15 is 0 Å². The van der Waals surface area contributed by atoms with Gasteiger partial charge in [0.05, 0.1) is 0 Å². The van der Waals surface area contributed by atoms with Gasteiger partial charge >= 0.3 is 0 Å². The van der Waals surface area contributed by atoms with Crippen LogP contribution in [0, 0.1) is 18.8 Å². The molecular formula is C15H17BrO2. The number of aryl methyl sites for hydroxylation is 1. The van der Waals surface area contributed by atoms with Gasteiger partial charge in [-0.1, -0.05) is 28.9 Å². The van der Waals surface area contributed by atoms with Crippen LogP contribution in [-0.2, 0) is 4.79 Å². The van der Waals surface area contributed by atoms with Crippen molar-refractivity contribution in [1.82, 2.24) is 0 Å². The van der Waals surface area contributed by atoms with E-state index in [1.165, 1.54) is 0 Å². The molecule has 2 atom stereocenters. The van der Waals surface area contributed by atoms with Crippen LogP contribution in [0.15, 0.2) is 22.7 Å². The molecule has 0 radical (unpaired) electrons. The highest BCUT2D eigenvalue weighted by Gasteiger charge is 2.30. The van der Waals surface area contributed by atoms with Crippen molar-refractivity contribution in [1.29, 1.82) is 0 Å². The number of carbonyl (C=O) groups excluding carboxylic acids is 2. The first-order valence-corrected chi connectivity index (χ1v) is 7.11. The molecule has 2 nitrogen and oxygen atoms in total. The van der Waals surface area contributed by atoms with E-state index in [0.29, 0.717) is 25.0 Å². The molecule has 1 aliphatic rings. The van der Waals surface area contributed by atoms with Crippen LogP contribution in [0.1, 0.15) is 42.1 Å². The van der Waals surface area contributed by atoms with Crippen molar-refractivity contribution in [3.8, 4) is 0 Å². The largest absolute Gasteiger partial charge is 0.299 e. The third-order valence-electron chi connectivity index (χ3n) is 3.76. The Morgan fingerprint density at radius 3 is 2.78 bits per heavy atom. The quantitative estimate of drug-likeness (QED) is 0.775. The van der Waals surface area contributed by atoms with Crippen molar-refractivity contribution in [2.24, 2.45) is 11.8 Å². The van der Waals surface area contributed by atoms with E-state index in [1.54, 1.807) is 0 Å². The van der Waals surface area contributed by atoms with E-state index in [4.69, 9.17) is 0 Å². The number of Topliss-reactive ketones (excluding diaryl/α,β-unsaturated/α-hetero) is 2. The zero-order valence-electron chi connectivity index (χ0n) is 10.7. The molecule has 0 saturated heterocycles. The van der Waals surface area contributed by atoms with E-state index < -0.39 is 0 Å². The average Bonchev–Trinajstić information content (AvgIpc) is 2.35. The van der Waals surface area contributed by atoms with Gasteiger partial charge in [0.25, 0.3) is 0 Å². The Kier molecular flexibility index (Phi) is 4.00. The summed E-state index contributed by atoms with van der Waals surface area (Å²) in [5, 5.41) is 0. The summed E-state index contributed by atoms with van der Waals surface area (Å²) >= 11 is 3.40. The Labute approximate surface area is 116 Å². The predicted molar refractivity (Wildman–Crippen MR) is 74.7 cm³/mol. The summed E-state index contributed by atoms with van der Waals surface area (Å²) in [5.74, 6) is 0.518. The Morgan fingerprint density at radius 1 is 1.39 bits per heavy atom. The number of rotatable bonds is 2. The van der Waals surface area contributed by atoms with Gasteiger partial charge in [-0.25, -0.2) is 0 Å². The fourth-order valence-corrected chi connectivity index (χ4v) is 2.92. The molecule has 0 aromatic heterocycles. The number of halogens is 1. The molecule has 0 amide bonds. The van der Waals surface area contributed by atoms with Crippen LogP contribution in [0.3, 0.4) is 0 Å². The minimum absolute atomic E-state index is 0.00528. The van der Waals surface area contributed by atoms with Crippen molar-refractivity contribution < 1.29 is 9.59 Å². The maximum Gasteiger partial charge on any atom is 0.166 e. The summed E-state index contributed by atoms with van der Waals surface area (Å²) in [7, 11) is 0. The Balaban J connectivity index is 2.21. The summed E-state index contributed by atoms with van der Waals surface area (Å²) in [6.45, 7) is 3.88. The number of benzene rings is 1. The molecule has 0 bridgehead atoms. The van der Waals surface area contributed by atoms with Crippen LogP contribution in [0.4, 0.5) is 0 Å². The van der Waals surface area contributed by atoms with Gasteiger partial charge in [0.15, 0.2) is 5.78 Å². The van der Waals surface area contributed by atoms with Gasteiger partial charge in [-0.05, 0) is 37.5 Å². The predicted octanol–water partition coefficient (Wildman–Crippen LogP) is 3.95. The normalized spacial score (nSPS) is 24.1. The molecule has 1 unspecified atom stereocenters. The first-order chi connectivity index (χ1) is 8.49. The van der Waals surface area contributed by atoms with E-state index in [-0.39, 0.29) is 17.6 Å². The molecule has 1 aliphatic carbocycles. The Morgan fingerprint density at radius 2 is 2.11 bits per heavy atom. The summed E-state index contributed by atoms with van der Waals surface area (Å²) in [4.78, 5) is 24.0. The van der Waals surface area contributed by atoms with Gasteiger partial charge in [-0.15, -0.1) is 0 Å². The third kappa shape index (κ3) is 2.72. The summed E-state index contributed by atoms with van der Waals surface area (Å²) in [6, 6.07) is 5.78. The lowest BCUT2D eigenvalue weighted by Gasteiger charge is -2.25. The van der Waals surface area contributed by atoms with Gasteiger partial charge in [0, 0.05) is 28.3 Å². The van der Waals surface area contributed by atoms with Gasteiger partial charge in [0.1, 0.15) is 5.78 Å². The smallest absolute Gasteiger partial charge is 0.166 e. The molecule has 18 heavy (non-hydrogen) atoms. The molecule has 2 rings (SSSR count). The number of ketones is 2. The van der Waals surface area contributed by atoms with Crippen LogP contribution < -0.4 is 0 Å². The van der Waals surface area contributed by atoms with Crippen LogP contribution in [0.5, 0.6) is 0 Å². The summed E-state index contributed by atoms with van der Waals surface area (Å²) in [5.41, 5.74) is 1.80. The van der Waals surface area contributed by atoms with Crippen molar-refractivity contribution in [2.45, 2.75) is 33.1 Å². The van der Waals surface area contributed by atoms with Crippen LogP contribution in [0.25, 0.3) is 0 Å². The van der Waals surface area contributed by atoms with Crippen molar-refractivity contribution in [3.63, 3.8) is 0 Å². The molecule has 1 aromatic rings. The summed E-state index contributed by atoms with van der Waals surface area (Å²) in [6.07, 6.45) is 1.95. The van der Waals surface area contributed by atoms with Crippen molar-refractivity contribution in [3.05, 3.63) is 33.8 Å². The minimum atomic E-state index is 0.00528. The molecule has 1 aromatic carbocycles. The SMILES string of the molecule is Cc1ccc(Br)cc1C(=O)C1CCC(=O)[C@H](C)C1. The van der Waals surface area contributed by atoms with E-state index in [9.17, 15) is 9.59 Å². The Hall–Kier alpha value is -0.960. The lowest BCUT2D eigenvalue weighted by Crippen LogP contribution is -2.28. The lowest BCUT2D eigenvalue weighted by atomic mass is 9.77. The lowest BCUT2D eigenvalue weighted by molar-refractivity contribution is -0.124. The van der Waals surface area contributed by atoms with Crippen LogP contribution in [-0.4, -0.2) is 11.6 Å². The van der Waals surface area contributed by atoms with Gasteiger partial charge in [-0.3, -0.25) is 9.59 Å².